The maximum absolute atomic E-state index is 12.5. The van der Waals surface area contributed by atoms with Crippen molar-refractivity contribution in [2.45, 2.75) is 13.0 Å². The van der Waals surface area contributed by atoms with Gasteiger partial charge in [0, 0.05) is 18.8 Å². The highest BCUT2D eigenvalue weighted by atomic mass is 16.6. The van der Waals surface area contributed by atoms with Gasteiger partial charge in [-0.1, -0.05) is 24.3 Å². The second-order valence-electron chi connectivity index (χ2n) is 6.27. The molecule has 3 aromatic rings. The molecule has 4 rings (SSSR count). The van der Waals surface area contributed by atoms with Gasteiger partial charge in [-0.25, -0.2) is 4.79 Å². The minimum atomic E-state index is -0.555. The van der Waals surface area contributed by atoms with Gasteiger partial charge in [0.15, 0.2) is 5.76 Å². The van der Waals surface area contributed by atoms with Crippen LogP contribution in [0.3, 0.4) is 0 Å². The highest BCUT2D eigenvalue weighted by Crippen LogP contribution is 2.24. The molecule has 0 bridgehead atoms. The first-order valence-electron chi connectivity index (χ1n) is 8.67. The molecule has 0 saturated heterocycles. The quantitative estimate of drug-likeness (QED) is 0.762. The first-order chi connectivity index (χ1) is 13.2. The summed E-state index contributed by atoms with van der Waals surface area (Å²) < 4.78 is 10.4. The van der Waals surface area contributed by atoms with Gasteiger partial charge in [0.2, 0.25) is 0 Å². The van der Waals surface area contributed by atoms with E-state index < -0.39 is 6.09 Å². The van der Waals surface area contributed by atoms with Gasteiger partial charge < -0.3 is 14.1 Å². The van der Waals surface area contributed by atoms with Crippen LogP contribution >= 0.6 is 0 Å². The van der Waals surface area contributed by atoms with E-state index in [1.54, 1.807) is 41.3 Å². The number of furan rings is 1. The van der Waals surface area contributed by atoms with Crippen molar-refractivity contribution in [1.82, 2.24) is 4.90 Å². The van der Waals surface area contributed by atoms with Crippen molar-refractivity contribution in [1.29, 1.82) is 0 Å². The molecule has 1 aliphatic rings. The molecule has 6 heteroatoms. The van der Waals surface area contributed by atoms with Crippen LogP contribution in [0.1, 0.15) is 21.7 Å². The summed E-state index contributed by atoms with van der Waals surface area (Å²) >= 11 is 0. The van der Waals surface area contributed by atoms with Gasteiger partial charge >= 0.3 is 6.09 Å². The Hall–Kier alpha value is -3.54. The van der Waals surface area contributed by atoms with E-state index in [9.17, 15) is 9.59 Å². The lowest BCUT2D eigenvalue weighted by Crippen LogP contribution is -2.35. The van der Waals surface area contributed by atoms with Crippen molar-refractivity contribution in [2.24, 2.45) is 0 Å². The molecule has 6 nitrogen and oxygen atoms in total. The Labute approximate surface area is 156 Å². The second kappa shape index (κ2) is 7.37. The number of anilines is 1. The zero-order chi connectivity index (χ0) is 18.6. The van der Waals surface area contributed by atoms with Gasteiger partial charge in [-0.3, -0.25) is 10.1 Å². The summed E-state index contributed by atoms with van der Waals surface area (Å²) in [7, 11) is 0. The van der Waals surface area contributed by atoms with E-state index in [0.717, 1.165) is 12.0 Å². The predicted octanol–water partition coefficient (Wildman–Crippen LogP) is 4.09. The standard InChI is InChI=1S/C21H18N2O4/c24-20(19-7-4-12-26-19)23-11-10-15-8-9-17(13-16(15)14-23)22-21(25)27-18-5-2-1-3-6-18/h1-9,12-13H,10-11,14H2,(H,22,25). The molecule has 0 unspecified atom stereocenters. The Kier molecular flexibility index (Phi) is 4.61. The number of benzene rings is 2. The number of carbonyl (C=O) groups is 2. The summed E-state index contributed by atoms with van der Waals surface area (Å²) in [5, 5.41) is 2.73. The fourth-order valence-corrected chi connectivity index (χ4v) is 3.10. The number of carbonyl (C=O) groups excluding carboxylic acids is 2. The molecule has 0 atom stereocenters. The smallest absolute Gasteiger partial charge is 0.417 e. The number of nitrogens with zero attached hydrogens (tertiary/aromatic N) is 1. The number of amides is 2. The minimum absolute atomic E-state index is 0.132. The fraction of sp³-hybridized carbons (Fsp3) is 0.143. The number of nitrogens with one attached hydrogen (secondary N) is 1. The average Bonchev–Trinajstić information content (AvgIpc) is 3.22. The molecule has 0 aliphatic carbocycles. The van der Waals surface area contributed by atoms with Crippen LogP contribution in [-0.4, -0.2) is 23.4 Å². The molecule has 0 radical (unpaired) electrons. The van der Waals surface area contributed by atoms with E-state index in [1.807, 2.05) is 24.3 Å². The molecule has 1 aromatic heterocycles. The summed E-state index contributed by atoms with van der Waals surface area (Å²) in [6.45, 7) is 1.10. The van der Waals surface area contributed by atoms with E-state index in [-0.39, 0.29) is 5.91 Å². The Balaban J connectivity index is 1.44. The molecule has 0 saturated carbocycles. The number of fused-ring (bicyclic) bond motifs is 1. The zero-order valence-corrected chi connectivity index (χ0v) is 14.6. The Morgan fingerprint density at radius 3 is 2.63 bits per heavy atom. The van der Waals surface area contributed by atoms with Crippen LogP contribution < -0.4 is 10.1 Å². The number of hydrogen-bond acceptors (Lipinski definition) is 4. The van der Waals surface area contributed by atoms with Crippen LogP contribution in [0.25, 0.3) is 0 Å². The first kappa shape index (κ1) is 16.9. The number of ether oxygens (including phenoxy) is 1. The van der Waals surface area contributed by atoms with Gasteiger partial charge in [-0.05, 0) is 53.9 Å². The van der Waals surface area contributed by atoms with Crippen LogP contribution in [-0.2, 0) is 13.0 Å². The summed E-state index contributed by atoms with van der Waals surface area (Å²) in [4.78, 5) is 26.3. The normalized spacial score (nSPS) is 13.0. The van der Waals surface area contributed by atoms with Crippen molar-refractivity contribution in [3.8, 4) is 5.75 Å². The summed E-state index contributed by atoms with van der Waals surface area (Å²) in [6.07, 6.45) is 1.70. The predicted molar refractivity (Wildman–Crippen MR) is 99.7 cm³/mol. The van der Waals surface area contributed by atoms with Gasteiger partial charge in [0.25, 0.3) is 5.91 Å². The zero-order valence-electron chi connectivity index (χ0n) is 14.6. The van der Waals surface area contributed by atoms with Gasteiger partial charge in [-0.15, -0.1) is 0 Å². The maximum atomic E-state index is 12.5. The van der Waals surface area contributed by atoms with E-state index >= 15 is 0 Å². The minimum Gasteiger partial charge on any atom is -0.459 e. The molecule has 2 amide bonds. The van der Waals surface area contributed by atoms with Crippen molar-refractivity contribution < 1.29 is 18.7 Å². The van der Waals surface area contributed by atoms with E-state index in [4.69, 9.17) is 9.15 Å². The second-order valence-corrected chi connectivity index (χ2v) is 6.27. The summed E-state index contributed by atoms with van der Waals surface area (Å²) in [5.41, 5.74) is 2.79. The van der Waals surface area contributed by atoms with Gasteiger partial charge in [-0.2, -0.15) is 0 Å². The SMILES string of the molecule is O=C(Nc1ccc2c(c1)CN(C(=O)c1ccco1)CC2)Oc1ccccc1. The molecule has 0 fully saturated rings. The molecule has 1 N–H and O–H groups in total. The Morgan fingerprint density at radius 1 is 1.00 bits per heavy atom. The molecule has 2 aromatic carbocycles. The van der Waals surface area contributed by atoms with Crippen molar-refractivity contribution in [3.63, 3.8) is 0 Å². The number of rotatable bonds is 3. The highest BCUT2D eigenvalue weighted by molar-refractivity contribution is 5.91. The van der Waals surface area contributed by atoms with Crippen molar-refractivity contribution in [2.75, 3.05) is 11.9 Å². The van der Waals surface area contributed by atoms with Gasteiger partial charge in [0.1, 0.15) is 5.75 Å². The number of para-hydroxylation sites is 1. The van der Waals surface area contributed by atoms with E-state index in [2.05, 4.69) is 5.32 Å². The fourth-order valence-electron chi connectivity index (χ4n) is 3.10. The molecular formula is C21H18N2O4. The maximum Gasteiger partial charge on any atom is 0.417 e. The van der Waals surface area contributed by atoms with Crippen LogP contribution in [0.2, 0.25) is 0 Å². The summed E-state index contributed by atoms with van der Waals surface area (Å²) in [6, 6.07) is 17.9. The molecule has 2 heterocycles. The third-order valence-corrected chi connectivity index (χ3v) is 4.44. The molecule has 1 aliphatic heterocycles. The van der Waals surface area contributed by atoms with Crippen LogP contribution in [0.15, 0.2) is 71.3 Å². The number of hydrogen-bond donors (Lipinski definition) is 1. The van der Waals surface area contributed by atoms with Gasteiger partial charge in [0.05, 0.1) is 6.26 Å². The lowest BCUT2D eigenvalue weighted by molar-refractivity contribution is 0.0702. The lowest BCUT2D eigenvalue weighted by atomic mass is 9.99. The third kappa shape index (κ3) is 3.84. The average molecular weight is 362 g/mol. The van der Waals surface area contributed by atoms with Crippen LogP contribution in [0.4, 0.5) is 10.5 Å². The van der Waals surface area contributed by atoms with Crippen LogP contribution in [0, 0.1) is 0 Å². The summed E-state index contributed by atoms with van der Waals surface area (Å²) in [5.74, 6) is 0.676. The monoisotopic (exact) mass is 362 g/mol. The molecular weight excluding hydrogens is 344 g/mol. The first-order valence-corrected chi connectivity index (χ1v) is 8.67. The molecule has 136 valence electrons. The molecule has 0 spiro atoms. The Bertz CT molecular complexity index is 952. The van der Waals surface area contributed by atoms with Crippen molar-refractivity contribution >= 4 is 17.7 Å². The van der Waals surface area contributed by atoms with E-state index in [1.165, 1.54) is 11.8 Å². The lowest BCUT2D eigenvalue weighted by Gasteiger charge is -2.28. The van der Waals surface area contributed by atoms with Crippen LogP contribution in [0.5, 0.6) is 5.75 Å². The van der Waals surface area contributed by atoms with Crippen molar-refractivity contribution in [3.05, 3.63) is 83.8 Å². The van der Waals surface area contributed by atoms with E-state index in [0.29, 0.717) is 30.3 Å². The largest absolute Gasteiger partial charge is 0.459 e. The topological polar surface area (TPSA) is 71.8 Å². The Morgan fingerprint density at radius 2 is 1.85 bits per heavy atom. The highest BCUT2D eigenvalue weighted by Gasteiger charge is 2.23. The third-order valence-electron chi connectivity index (χ3n) is 4.44. The molecule has 27 heavy (non-hydrogen) atoms.